The summed E-state index contributed by atoms with van der Waals surface area (Å²) in [6.45, 7) is 4.93. The third kappa shape index (κ3) is 6.04. The minimum atomic E-state index is -3.51. The second-order valence-electron chi connectivity index (χ2n) is 7.56. The lowest BCUT2D eigenvalue weighted by Gasteiger charge is -2.24. The molecule has 0 radical (unpaired) electrons. The molecule has 1 amide bonds. The first kappa shape index (κ1) is 23.2. The van der Waals surface area contributed by atoms with E-state index in [1.54, 1.807) is 18.2 Å². The fourth-order valence-electron chi connectivity index (χ4n) is 3.43. The summed E-state index contributed by atoms with van der Waals surface area (Å²) in [5.74, 6) is 1.22. The third-order valence-corrected chi connectivity index (χ3v) is 6.46. The number of anilines is 1. The molecule has 31 heavy (non-hydrogen) atoms. The lowest BCUT2D eigenvalue weighted by molar-refractivity contribution is -0.121. The molecule has 0 unspecified atom stereocenters. The van der Waals surface area contributed by atoms with E-state index in [1.165, 1.54) is 4.31 Å². The smallest absolute Gasteiger partial charge is 0.232 e. The monoisotopic (exact) mass is 466 g/mol. The number of fused-ring (bicyclic) bond motifs is 1. The molecule has 0 saturated heterocycles. The van der Waals surface area contributed by atoms with Gasteiger partial charge in [0.05, 0.1) is 18.0 Å². The summed E-state index contributed by atoms with van der Waals surface area (Å²) in [7, 11) is -3.51. The van der Waals surface area contributed by atoms with Crippen molar-refractivity contribution in [3.63, 3.8) is 0 Å². The van der Waals surface area contributed by atoms with Crippen molar-refractivity contribution in [1.82, 2.24) is 5.32 Å². The first-order chi connectivity index (χ1) is 14.6. The zero-order valence-electron chi connectivity index (χ0n) is 17.9. The number of ether oxygens (including phenoxy) is 2. The Hall–Kier alpha value is -2.45. The number of nitrogens with one attached hydrogen (secondary N) is 1. The van der Waals surface area contributed by atoms with Crippen LogP contribution in [0, 0.1) is 6.92 Å². The molecule has 2 aromatic carbocycles. The molecule has 7 nitrogen and oxygen atoms in total. The Bertz CT molecular complexity index is 1060. The Morgan fingerprint density at radius 2 is 1.87 bits per heavy atom. The van der Waals surface area contributed by atoms with Gasteiger partial charge in [0, 0.05) is 18.0 Å². The van der Waals surface area contributed by atoms with Gasteiger partial charge in [0.15, 0.2) is 11.5 Å². The van der Waals surface area contributed by atoms with Gasteiger partial charge in [-0.05, 0) is 55.7 Å². The van der Waals surface area contributed by atoms with Gasteiger partial charge in [-0.1, -0.05) is 23.7 Å². The van der Waals surface area contributed by atoms with Crippen LogP contribution in [0.5, 0.6) is 11.5 Å². The number of nitrogens with zero attached hydrogens (tertiary/aromatic N) is 1. The van der Waals surface area contributed by atoms with Crippen LogP contribution in [-0.2, 0) is 14.8 Å². The summed E-state index contributed by atoms with van der Waals surface area (Å²) in [6.07, 6.45) is 1.72. The second-order valence-corrected chi connectivity index (χ2v) is 9.91. The molecule has 1 atom stereocenters. The number of sulfonamides is 1. The van der Waals surface area contributed by atoms with Crippen molar-refractivity contribution in [1.29, 1.82) is 0 Å². The van der Waals surface area contributed by atoms with Crippen molar-refractivity contribution in [2.24, 2.45) is 0 Å². The van der Waals surface area contributed by atoms with E-state index in [4.69, 9.17) is 21.1 Å². The normalized spacial score (nSPS) is 14.1. The van der Waals surface area contributed by atoms with Crippen LogP contribution in [0.4, 0.5) is 5.69 Å². The molecule has 1 N–H and O–H groups in total. The number of amides is 1. The molecule has 9 heteroatoms. The van der Waals surface area contributed by atoms with Crippen molar-refractivity contribution in [2.45, 2.75) is 32.7 Å². The summed E-state index contributed by atoms with van der Waals surface area (Å²) in [5, 5.41) is 3.41. The van der Waals surface area contributed by atoms with Crippen LogP contribution in [0.2, 0.25) is 5.02 Å². The maximum absolute atomic E-state index is 12.4. The third-order valence-electron chi connectivity index (χ3n) is 5.05. The zero-order valence-corrected chi connectivity index (χ0v) is 19.4. The van der Waals surface area contributed by atoms with Crippen molar-refractivity contribution in [3.05, 3.63) is 52.5 Å². The van der Waals surface area contributed by atoms with Gasteiger partial charge < -0.3 is 14.8 Å². The topological polar surface area (TPSA) is 84.9 Å². The van der Waals surface area contributed by atoms with E-state index in [9.17, 15) is 13.2 Å². The van der Waals surface area contributed by atoms with Crippen molar-refractivity contribution in [3.8, 4) is 11.5 Å². The highest BCUT2D eigenvalue weighted by Gasteiger charge is 2.20. The van der Waals surface area contributed by atoms with Gasteiger partial charge in [0.25, 0.3) is 0 Å². The van der Waals surface area contributed by atoms with E-state index in [1.807, 2.05) is 32.0 Å². The zero-order chi connectivity index (χ0) is 22.6. The Labute approximate surface area is 188 Å². The maximum atomic E-state index is 12.4. The van der Waals surface area contributed by atoms with E-state index in [2.05, 4.69) is 5.32 Å². The van der Waals surface area contributed by atoms with E-state index < -0.39 is 10.0 Å². The van der Waals surface area contributed by atoms with Crippen LogP contribution in [0.1, 0.15) is 36.9 Å². The molecule has 168 valence electrons. The van der Waals surface area contributed by atoms with Crippen molar-refractivity contribution in [2.75, 3.05) is 30.3 Å². The van der Waals surface area contributed by atoms with E-state index >= 15 is 0 Å². The lowest BCUT2D eigenvalue weighted by Crippen LogP contribution is -2.33. The molecule has 1 aliphatic heterocycles. The average molecular weight is 467 g/mol. The molecule has 0 saturated carbocycles. The molecular weight excluding hydrogens is 440 g/mol. The first-order valence-electron chi connectivity index (χ1n) is 10.1. The fourth-order valence-corrected chi connectivity index (χ4v) is 4.61. The minimum absolute atomic E-state index is 0.154. The maximum Gasteiger partial charge on any atom is 0.232 e. The van der Waals surface area contributed by atoms with Gasteiger partial charge in [-0.3, -0.25) is 9.10 Å². The predicted octanol–water partition coefficient (Wildman–Crippen LogP) is 3.84. The van der Waals surface area contributed by atoms with Crippen LogP contribution < -0.4 is 19.1 Å². The highest BCUT2D eigenvalue weighted by Crippen LogP contribution is 2.32. The molecule has 0 fully saturated rings. The van der Waals surface area contributed by atoms with E-state index in [0.29, 0.717) is 41.8 Å². The summed E-state index contributed by atoms with van der Waals surface area (Å²) >= 11 is 6.05. The van der Waals surface area contributed by atoms with Crippen LogP contribution in [-0.4, -0.2) is 40.3 Å². The number of hydrogen-bond acceptors (Lipinski definition) is 5. The molecular formula is C22H27ClN2O5S. The number of carbonyl (C=O) groups is 1. The highest BCUT2D eigenvalue weighted by molar-refractivity contribution is 7.92. The first-order valence-corrected chi connectivity index (χ1v) is 12.3. The Morgan fingerprint density at radius 3 is 2.58 bits per heavy atom. The van der Waals surface area contributed by atoms with Gasteiger partial charge in [0.2, 0.25) is 15.9 Å². The molecule has 0 spiro atoms. The van der Waals surface area contributed by atoms with Crippen molar-refractivity contribution >= 4 is 33.2 Å². The molecule has 0 aromatic heterocycles. The SMILES string of the molecule is Cc1ccc(Cl)cc1N(CCCC(=O)N[C@H](C)c1ccc2c(c1)OCCO2)S(C)(=O)=O. The Balaban J connectivity index is 1.58. The van der Waals surface area contributed by atoms with E-state index in [-0.39, 0.29) is 24.9 Å². The fraction of sp³-hybridized carbons (Fsp3) is 0.409. The van der Waals surface area contributed by atoms with Gasteiger partial charge >= 0.3 is 0 Å². The molecule has 1 heterocycles. The number of halogens is 1. The van der Waals surface area contributed by atoms with Crippen LogP contribution >= 0.6 is 11.6 Å². The van der Waals surface area contributed by atoms with E-state index in [0.717, 1.165) is 17.4 Å². The summed E-state index contributed by atoms with van der Waals surface area (Å²) in [5.41, 5.74) is 2.23. The van der Waals surface area contributed by atoms with Crippen LogP contribution in [0.15, 0.2) is 36.4 Å². The molecule has 0 aliphatic carbocycles. The quantitative estimate of drug-likeness (QED) is 0.638. The number of rotatable bonds is 8. The van der Waals surface area contributed by atoms with Crippen LogP contribution in [0.3, 0.4) is 0 Å². The summed E-state index contributed by atoms with van der Waals surface area (Å²) < 4.78 is 37.0. The van der Waals surface area contributed by atoms with Gasteiger partial charge in [-0.15, -0.1) is 0 Å². The Kier molecular flexibility index (Phi) is 7.33. The minimum Gasteiger partial charge on any atom is -0.486 e. The molecule has 1 aliphatic rings. The Morgan fingerprint density at radius 1 is 1.16 bits per heavy atom. The highest BCUT2D eigenvalue weighted by atomic mass is 35.5. The average Bonchev–Trinajstić information content (AvgIpc) is 2.72. The number of benzene rings is 2. The standard InChI is InChI=1S/C22H27ClN2O5S/c1-15-6-8-18(23)14-19(15)25(31(3,27)28)10-4-5-22(26)24-16(2)17-7-9-20-21(13-17)30-12-11-29-20/h6-9,13-14,16H,4-5,10-12H2,1-3H3,(H,24,26)/t16-/m1/s1. The number of carbonyl (C=O) groups excluding carboxylic acids is 1. The largest absolute Gasteiger partial charge is 0.486 e. The summed E-state index contributed by atoms with van der Waals surface area (Å²) in [6, 6.07) is 10.5. The number of aryl methyl sites for hydroxylation is 1. The van der Waals surface area contributed by atoms with Gasteiger partial charge in [-0.2, -0.15) is 0 Å². The van der Waals surface area contributed by atoms with Gasteiger partial charge in [0.1, 0.15) is 13.2 Å². The lowest BCUT2D eigenvalue weighted by atomic mass is 10.1. The summed E-state index contributed by atoms with van der Waals surface area (Å²) in [4.78, 5) is 12.4. The molecule has 3 rings (SSSR count). The predicted molar refractivity (Wildman–Crippen MR) is 122 cm³/mol. The van der Waals surface area contributed by atoms with Crippen LogP contribution in [0.25, 0.3) is 0 Å². The molecule has 0 bridgehead atoms. The van der Waals surface area contributed by atoms with Crippen molar-refractivity contribution < 1.29 is 22.7 Å². The van der Waals surface area contributed by atoms with Gasteiger partial charge in [-0.25, -0.2) is 8.42 Å². The number of hydrogen-bond donors (Lipinski definition) is 1. The second kappa shape index (κ2) is 9.78. The molecule has 2 aromatic rings.